The molecule has 0 amide bonds. The van der Waals surface area contributed by atoms with E-state index in [1.54, 1.807) is 6.07 Å². The minimum Gasteiger partial charge on any atom is -0.489 e. The molecule has 5 nitrogen and oxygen atoms in total. The Morgan fingerprint density at radius 3 is 2.62 bits per heavy atom. The summed E-state index contributed by atoms with van der Waals surface area (Å²) in [5.41, 5.74) is 0.348. The number of nitrogens with zero attached hydrogens (tertiary/aromatic N) is 1. The molecule has 0 radical (unpaired) electrons. The van der Waals surface area contributed by atoms with Gasteiger partial charge in [0.25, 0.3) is 9.05 Å². The van der Waals surface area contributed by atoms with Crippen molar-refractivity contribution >= 4 is 42.2 Å². The van der Waals surface area contributed by atoms with Crippen molar-refractivity contribution in [3.63, 3.8) is 0 Å². The van der Waals surface area contributed by atoms with Crippen LogP contribution >= 0.6 is 22.3 Å². The van der Waals surface area contributed by atoms with E-state index in [4.69, 9.17) is 31.8 Å². The molecule has 8 heteroatoms. The SMILES string of the molecule is CCOCCOc1ccc(S(=O)(=O)Cl)c2ccc(Cl)nc12. The van der Waals surface area contributed by atoms with Crippen LogP contribution in [-0.2, 0) is 13.8 Å². The standard InChI is InChI=1S/C13H13Cl2NO4S/c1-2-19-7-8-20-10-4-5-11(21(15,17)18)9-3-6-12(14)16-13(9)10/h3-6H,2,7-8H2,1H3. The van der Waals surface area contributed by atoms with Crippen LogP contribution in [0.3, 0.4) is 0 Å². The quantitative estimate of drug-likeness (QED) is 0.455. The van der Waals surface area contributed by atoms with Crippen LogP contribution in [0.5, 0.6) is 5.75 Å². The average Bonchev–Trinajstić information content (AvgIpc) is 2.42. The van der Waals surface area contributed by atoms with Gasteiger partial charge in [-0.05, 0) is 31.2 Å². The molecule has 2 rings (SSSR count). The summed E-state index contributed by atoms with van der Waals surface area (Å²) in [6, 6.07) is 5.94. The van der Waals surface area contributed by atoms with Gasteiger partial charge in [-0.2, -0.15) is 0 Å². The zero-order valence-electron chi connectivity index (χ0n) is 11.2. The Balaban J connectivity index is 2.46. The number of hydrogen-bond donors (Lipinski definition) is 0. The van der Waals surface area contributed by atoms with Crippen LogP contribution in [-0.4, -0.2) is 33.2 Å². The molecule has 0 fully saturated rings. The number of fused-ring (bicyclic) bond motifs is 1. The van der Waals surface area contributed by atoms with Gasteiger partial charge in [0.15, 0.2) is 0 Å². The predicted octanol–water partition coefficient (Wildman–Crippen LogP) is 3.23. The van der Waals surface area contributed by atoms with Crippen molar-refractivity contribution in [2.24, 2.45) is 0 Å². The second-order valence-corrected chi connectivity index (χ2v) is 7.00. The van der Waals surface area contributed by atoms with Crippen molar-refractivity contribution < 1.29 is 17.9 Å². The summed E-state index contributed by atoms with van der Waals surface area (Å²) in [5.74, 6) is 0.427. The van der Waals surface area contributed by atoms with Crippen molar-refractivity contribution in [3.05, 3.63) is 29.4 Å². The molecule has 2 aromatic rings. The van der Waals surface area contributed by atoms with Gasteiger partial charge in [-0.1, -0.05) is 11.6 Å². The molecule has 0 saturated carbocycles. The Bertz CT molecular complexity index is 749. The van der Waals surface area contributed by atoms with E-state index in [2.05, 4.69) is 4.98 Å². The number of ether oxygens (including phenoxy) is 2. The fourth-order valence-corrected chi connectivity index (χ4v) is 3.04. The van der Waals surface area contributed by atoms with Gasteiger partial charge in [0, 0.05) is 22.7 Å². The van der Waals surface area contributed by atoms with Crippen LogP contribution in [0.4, 0.5) is 0 Å². The van der Waals surface area contributed by atoms with Gasteiger partial charge in [-0.15, -0.1) is 0 Å². The molecule has 114 valence electrons. The first kappa shape index (κ1) is 16.3. The summed E-state index contributed by atoms with van der Waals surface area (Å²) >= 11 is 5.87. The molecule has 0 spiro atoms. The third-order valence-corrected chi connectivity index (χ3v) is 4.29. The number of pyridine rings is 1. The Labute approximate surface area is 132 Å². The number of aromatic nitrogens is 1. The lowest BCUT2D eigenvalue weighted by Gasteiger charge is -2.11. The summed E-state index contributed by atoms with van der Waals surface area (Å²) in [6.45, 7) is 3.23. The fourth-order valence-electron chi connectivity index (χ4n) is 1.83. The number of hydrogen-bond acceptors (Lipinski definition) is 5. The van der Waals surface area contributed by atoms with Gasteiger partial charge in [0.1, 0.15) is 23.0 Å². The highest BCUT2D eigenvalue weighted by atomic mass is 35.7. The summed E-state index contributed by atoms with van der Waals surface area (Å²) in [4.78, 5) is 4.10. The van der Waals surface area contributed by atoms with E-state index in [0.717, 1.165) is 0 Å². The maximum Gasteiger partial charge on any atom is 0.261 e. The highest BCUT2D eigenvalue weighted by Crippen LogP contribution is 2.32. The number of rotatable bonds is 6. The molecule has 0 N–H and O–H groups in total. The van der Waals surface area contributed by atoms with Crippen LogP contribution in [0.2, 0.25) is 5.15 Å². The Morgan fingerprint density at radius 1 is 1.19 bits per heavy atom. The first-order valence-corrected chi connectivity index (χ1v) is 8.86. The van der Waals surface area contributed by atoms with Crippen molar-refractivity contribution in [1.82, 2.24) is 4.98 Å². The van der Waals surface area contributed by atoms with Gasteiger partial charge in [-0.3, -0.25) is 0 Å². The van der Waals surface area contributed by atoms with Crippen molar-refractivity contribution in [2.75, 3.05) is 19.8 Å². The van der Waals surface area contributed by atoms with Gasteiger partial charge >= 0.3 is 0 Å². The third-order valence-electron chi connectivity index (χ3n) is 2.70. The number of halogens is 2. The van der Waals surface area contributed by atoms with Crippen LogP contribution in [0.25, 0.3) is 10.9 Å². The van der Waals surface area contributed by atoms with E-state index < -0.39 is 9.05 Å². The van der Waals surface area contributed by atoms with Crippen LogP contribution in [0, 0.1) is 0 Å². The smallest absolute Gasteiger partial charge is 0.261 e. The monoisotopic (exact) mass is 349 g/mol. The first-order valence-electron chi connectivity index (χ1n) is 6.18. The topological polar surface area (TPSA) is 65.5 Å². The van der Waals surface area contributed by atoms with Gasteiger partial charge < -0.3 is 9.47 Å². The van der Waals surface area contributed by atoms with Crippen LogP contribution < -0.4 is 4.74 Å². The fraction of sp³-hybridized carbons (Fsp3) is 0.308. The van der Waals surface area contributed by atoms with Crippen molar-refractivity contribution in [3.8, 4) is 5.75 Å². The Hall–Kier alpha value is -1.08. The highest BCUT2D eigenvalue weighted by molar-refractivity contribution is 8.14. The van der Waals surface area contributed by atoms with Crippen molar-refractivity contribution in [2.45, 2.75) is 11.8 Å². The first-order chi connectivity index (χ1) is 9.93. The molecule has 0 atom stereocenters. The van der Waals surface area contributed by atoms with Crippen LogP contribution in [0.15, 0.2) is 29.2 Å². The molecule has 1 aromatic heterocycles. The molecular formula is C13H13Cl2NO4S. The lowest BCUT2D eigenvalue weighted by Crippen LogP contribution is -2.07. The zero-order valence-corrected chi connectivity index (χ0v) is 13.5. The highest BCUT2D eigenvalue weighted by Gasteiger charge is 2.17. The largest absolute Gasteiger partial charge is 0.489 e. The van der Waals surface area contributed by atoms with E-state index in [0.29, 0.717) is 36.5 Å². The summed E-state index contributed by atoms with van der Waals surface area (Å²) in [5, 5.41) is 0.601. The molecule has 0 aliphatic carbocycles. The van der Waals surface area contributed by atoms with E-state index >= 15 is 0 Å². The summed E-state index contributed by atoms with van der Waals surface area (Å²) in [7, 11) is 1.55. The van der Waals surface area contributed by atoms with E-state index in [9.17, 15) is 8.42 Å². The number of benzene rings is 1. The minimum absolute atomic E-state index is 0.0273. The second-order valence-electron chi connectivity index (χ2n) is 4.08. The molecular weight excluding hydrogens is 337 g/mol. The minimum atomic E-state index is -3.88. The van der Waals surface area contributed by atoms with Gasteiger partial charge in [0.2, 0.25) is 0 Å². The normalized spacial score (nSPS) is 11.8. The summed E-state index contributed by atoms with van der Waals surface area (Å²) in [6.07, 6.45) is 0. The molecule has 1 heterocycles. The van der Waals surface area contributed by atoms with Gasteiger partial charge in [-0.25, -0.2) is 13.4 Å². The lowest BCUT2D eigenvalue weighted by molar-refractivity contribution is 0.110. The zero-order chi connectivity index (χ0) is 15.5. The lowest BCUT2D eigenvalue weighted by atomic mass is 10.2. The molecule has 0 saturated heterocycles. The van der Waals surface area contributed by atoms with E-state index in [1.165, 1.54) is 18.2 Å². The van der Waals surface area contributed by atoms with E-state index in [-0.39, 0.29) is 10.0 Å². The average molecular weight is 350 g/mol. The van der Waals surface area contributed by atoms with Crippen molar-refractivity contribution in [1.29, 1.82) is 0 Å². The maximum absolute atomic E-state index is 11.6. The predicted molar refractivity (Wildman–Crippen MR) is 81.8 cm³/mol. The van der Waals surface area contributed by atoms with Crippen LogP contribution in [0.1, 0.15) is 6.92 Å². The molecule has 21 heavy (non-hydrogen) atoms. The summed E-state index contributed by atoms with van der Waals surface area (Å²) < 4.78 is 33.9. The molecule has 0 aliphatic rings. The van der Waals surface area contributed by atoms with E-state index in [1.807, 2.05) is 6.92 Å². The Kier molecular flexibility index (Phi) is 5.27. The maximum atomic E-state index is 11.6. The Morgan fingerprint density at radius 2 is 1.95 bits per heavy atom. The third kappa shape index (κ3) is 3.97. The molecule has 0 aliphatic heterocycles. The molecule has 1 aromatic carbocycles. The molecule has 0 unspecified atom stereocenters. The second kappa shape index (κ2) is 6.79. The van der Waals surface area contributed by atoms with Gasteiger partial charge in [0.05, 0.1) is 11.5 Å². The molecule has 0 bridgehead atoms.